The van der Waals surface area contributed by atoms with Crippen LogP contribution in [0.2, 0.25) is 0 Å². The van der Waals surface area contributed by atoms with E-state index in [1.165, 1.54) is 17.8 Å². The van der Waals surface area contributed by atoms with Crippen LogP contribution in [0.1, 0.15) is 25.0 Å². The summed E-state index contributed by atoms with van der Waals surface area (Å²) >= 11 is 6.83. The average Bonchev–Trinajstić information content (AvgIpc) is 2.89. The van der Waals surface area contributed by atoms with Gasteiger partial charge < -0.3 is 4.74 Å². The third-order valence-electron chi connectivity index (χ3n) is 4.25. The van der Waals surface area contributed by atoms with E-state index in [1.54, 1.807) is 23.1 Å². The molecule has 2 aromatic carbocycles. The second-order valence-electron chi connectivity index (χ2n) is 6.94. The first kappa shape index (κ1) is 19.8. The number of carbonyl (C=O) groups is 1. The standard InChI is InChI=1S/C21H22FNO2S2/c1-14(2)12-23-20(24)19(27-21(23)26)11-15-7-9-17(10-8-15)25-13-16-5-3-4-6-18(16)22/h3-10,14,19H,11-13H2,1-2H3/t19-/m0/s1. The molecule has 1 aliphatic heterocycles. The van der Waals surface area contributed by atoms with E-state index in [0.717, 1.165) is 5.56 Å². The molecular formula is C21H22FNO2S2. The van der Waals surface area contributed by atoms with Crippen LogP contribution in [0.4, 0.5) is 4.39 Å². The molecule has 0 radical (unpaired) electrons. The van der Waals surface area contributed by atoms with Crippen molar-refractivity contribution in [3.05, 3.63) is 65.5 Å². The Balaban J connectivity index is 1.57. The normalized spacial score (nSPS) is 17.0. The highest BCUT2D eigenvalue weighted by Crippen LogP contribution is 2.31. The van der Waals surface area contributed by atoms with Crippen molar-refractivity contribution >= 4 is 34.2 Å². The second-order valence-corrected chi connectivity index (χ2v) is 8.78. The minimum Gasteiger partial charge on any atom is -0.489 e. The molecule has 2 aromatic rings. The highest BCUT2D eigenvalue weighted by Gasteiger charge is 2.36. The molecule has 0 aromatic heterocycles. The van der Waals surface area contributed by atoms with Gasteiger partial charge in [-0.05, 0) is 36.1 Å². The van der Waals surface area contributed by atoms with Crippen LogP contribution in [0.5, 0.6) is 5.75 Å². The number of hydrogen-bond acceptors (Lipinski definition) is 4. The quantitative estimate of drug-likeness (QED) is 0.619. The van der Waals surface area contributed by atoms with Gasteiger partial charge in [-0.3, -0.25) is 9.69 Å². The van der Waals surface area contributed by atoms with E-state index < -0.39 is 0 Å². The highest BCUT2D eigenvalue weighted by atomic mass is 32.2. The van der Waals surface area contributed by atoms with Gasteiger partial charge in [0.25, 0.3) is 0 Å². The average molecular weight is 404 g/mol. The van der Waals surface area contributed by atoms with E-state index in [2.05, 4.69) is 13.8 Å². The summed E-state index contributed by atoms with van der Waals surface area (Å²) in [5.74, 6) is 0.882. The number of amides is 1. The van der Waals surface area contributed by atoms with Crippen LogP contribution >= 0.6 is 24.0 Å². The summed E-state index contributed by atoms with van der Waals surface area (Å²) in [5, 5.41) is -0.165. The number of nitrogens with zero attached hydrogens (tertiary/aromatic N) is 1. The second kappa shape index (κ2) is 8.85. The monoisotopic (exact) mass is 403 g/mol. The molecule has 1 saturated heterocycles. The molecule has 0 aliphatic carbocycles. The van der Waals surface area contributed by atoms with Crippen LogP contribution < -0.4 is 4.74 Å². The van der Waals surface area contributed by atoms with Gasteiger partial charge in [-0.1, -0.05) is 68.2 Å². The number of halogens is 1. The van der Waals surface area contributed by atoms with Gasteiger partial charge in [-0.15, -0.1) is 0 Å². The van der Waals surface area contributed by atoms with E-state index in [-0.39, 0.29) is 23.6 Å². The molecule has 0 spiro atoms. The summed E-state index contributed by atoms with van der Waals surface area (Å²) in [6, 6.07) is 14.2. The van der Waals surface area contributed by atoms with E-state index >= 15 is 0 Å². The molecule has 0 bridgehead atoms. The van der Waals surface area contributed by atoms with Crippen molar-refractivity contribution in [3.8, 4) is 5.75 Å². The summed E-state index contributed by atoms with van der Waals surface area (Å²) in [4.78, 5) is 14.3. The number of hydrogen-bond donors (Lipinski definition) is 0. The number of rotatable bonds is 7. The summed E-state index contributed by atoms with van der Waals surface area (Å²) in [6.07, 6.45) is 0.631. The highest BCUT2D eigenvalue weighted by molar-refractivity contribution is 8.24. The van der Waals surface area contributed by atoms with Crippen LogP contribution in [-0.4, -0.2) is 26.9 Å². The van der Waals surface area contributed by atoms with Gasteiger partial charge in [-0.2, -0.15) is 0 Å². The number of thiocarbonyl (C=S) groups is 1. The maximum Gasteiger partial charge on any atom is 0.241 e. The zero-order chi connectivity index (χ0) is 19.4. The Hall–Kier alpha value is -1.92. The van der Waals surface area contributed by atoms with E-state index in [0.29, 0.717) is 34.5 Å². The molecule has 1 atom stereocenters. The lowest BCUT2D eigenvalue weighted by atomic mass is 10.1. The SMILES string of the molecule is CC(C)CN1C(=O)[C@H](Cc2ccc(OCc3ccccc3F)cc2)SC1=S. The Morgan fingerprint density at radius 1 is 1.19 bits per heavy atom. The van der Waals surface area contributed by atoms with E-state index in [9.17, 15) is 9.18 Å². The molecule has 0 unspecified atom stereocenters. The van der Waals surface area contributed by atoms with Gasteiger partial charge in [0.1, 0.15) is 22.5 Å². The first-order valence-corrected chi connectivity index (χ1v) is 10.2. The molecule has 27 heavy (non-hydrogen) atoms. The van der Waals surface area contributed by atoms with Crippen molar-refractivity contribution in [2.45, 2.75) is 32.1 Å². The molecule has 3 nitrogen and oxygen atoms in total. The summed E-state index contributed by atoms with van der Waals surface area (Å²) in [7, 11) is 0. The number of benzene rings is 2. The smallest absolute Gasteiger partial charge is 0.241 e. The van der Waals surface area contributed by atoms with Gasteiger partial charge in [-0.25, -0.2) is 4.39 Å². The summed E-state index contributed by atoms with van der Waals surface area (Å²) in [5.41, 5.74) is 1.57. The van der Waals surface area contributed by atoms with Crippen molar-refractivity contribution in [3.63, 3.8) is 0 Å². The Labute approximate surface area is 168 Å². The Morgan fingerprint density at radius 2 is 1.89 bits per heavy atom. The predicted molar refractivity (Wildman–Crippen MR) is 111 cm³/mol. The third-order valence-corrected chi connectivity index (χ3v) is 5.83. The van der Waals surface area contributed by atoms with Gasteiger partial charge in [0.15, 0.2) is 0 Å². The molecule has 6 heteroatoms. The zero-order valence-electron chi connectivity index (χ0n) is 15.4. The fourth-order valence-electron chi connectivity index (χ4n) is 2.87. The Kier molecular flexibility index (Phi) is 6.50. The molecule has 3 rings (SSSR count). The molecule has 1 heterocycles. The van der Waals surface area contributed by atoms with Gasteiger partial charge >= 0.3 is 0 Å². The summed E-state index contributed by atoms with van der Waals surface area (Å²) in [6.45, 7) is 5.01. The van der Waals surface area contributed by atoms with Crippen molar-refractivity contribution < 1.29 is 13.9 Å². The maximum absolute atomic E-state index is 13.6. The predicted octanol–water partition coefficient (Wildman–Crippen LogP) is 4.83. The van der Waals surface area contributed by atoms with Gasteiger partial charge in [0, 0.05) is 12.1 Å². The molecule has 1 fully saturated rings. The topological polar surface area (TPSA) is 29.5 Å². The van der Waals surface area contributed by atoms with Crippen LogP contribution in [0.15, 0.2) is 48.5 Å². The molecular weight excluding hydrogens is 381 g/mol. The number of thioether (sulfide) groups is 1. The third kappa shape index (κ3) is 5.08. The van der Waals surface area contributed by atoms with Crippen molar-refractivity contribution in [2.75, 3.05) is 6.54 Å². The number of ether oxygens (including phenoxy) is 1. The largest absolute Gasteiger partial charge is 0.489 e. The van der Waals surface area contributed by atoms with Crippen molar-refractivity contribution in [1.82, 2.24) is 4.90 Å². The first-order chi connectivity index (χ1) is 12.9. The zero-order valence-corrected chi connectivity index (χ0v) is 17.0. The van der Waals surface area contributed by atoms with Gasteiger partial charge in [0.05, 0.1) is 5.25 Å². The van der Waals surface area contributed by atoms with Crippen molar-refractivity contribution in [1.29, 1.82) is 0 Å². The Bertz CT molecular complexity index is 823. The van der Waals surface area contributed by atoms with E-state index in [1.807, 2.05) is 24.3 Å². The maximum atomic E-state index is 13.6. The van der Waals surface area contributed by atoms with Crippen LogP contribution in [0.25, 0.3) is 0 Å². The Morgan fingerprint density at radius 3 is 2.56 bits per heavy atom. The molecule has 0 N–H and O–H groups in total. The fourth-order valence-corrected chi connectivity index (χ4v) is 4.42. The van der Waals surface area contributed by atoms with Gasteiger partial charge in [0.2, 0.25) is 5.91 Å². The van der Waals surface area contributed by atoms with E-state index in [4.69, 9.17) is 17.0 Å². The summed E-state index contributed by atoms with van der Waals surface area (Å²) < 4.78 is 20.0. The fraction of sp³-hybridized carbons (Fsp3) is 0.333. The molecule has 142 valence electrons. The minimum atomic E-state index is -0.271. The first-order valence-electron chi connectivity index (χ1n) is 8.91. The van der Waals surface area contributed by atoms with Crippen LogP contribution in [0.3, 0.4) is 0 Å². The van der Waals surface area contributed by atoms with Crippen LogP contribution in [0, 0.1) is 11.7 Å². The molecule has 1 aliphatic rings. The lowest BCUT2D eigenvalue weighted by molar-refractivity contribution is -0.126. The van der Waals surface area contributed by atoms with Crippen molar-refractivity contribution in [2.24, 2.45) is 5.92 Å². The lowest BCUT2D eigenvalue weighted by Gasteiger charge is -2.17. The van der Waals surface area contributed by atoms with Crippen LogP contribution in [-0.2, 0) is 17.8 Å². The molecule has 1 amide bonds. The lowest BCUT2D eigenvalue weighted by Crippen LogP contribution is -2.34. The minimum absolute atomic E-state index is 0.0959. The molecule has 0 saturated carbocycles. The number of carbonyl (C=O) groups excluding carboxylic acids is 1.